The number of aromatic nitrogens is 2. The van der Waals surface area contributed by atoms with Crippen molar-refractivity contribution in [2.45, 2.75) is 76.1 Å². The Morgan fingerprint density at radius 2 is 1.96 bits per heavy atom. The molecule has 4 rings (SSSR count). The number of aryl methyl sites for hydroxylation is 1. The van der Waals surface area contributed by atoms with E-state index in [1.807, 2.05) is 16.7 Å². The van der Waals surface area contributed by atoms with Gasteiger partial charge in [-0.15, -0.1) is 0 Å². The number of amides is 2. The van der Waals surface area contributed by atoms with Crippen molar-refractivity contribution >= 4 is 11.8 Å². The van der Waals surface area contributed by atoms with Crippen LogP contribution in [0.15, 0.2) is 12.3 Å². The van der Waals surface area contributed by atoms with E-state index in [9.17, 15) is 14.7 Å². The number of carbonyl (C=O) groups excluding carboxylic acids is 2. The first kappa shape index (κ1) is 17.5. The molecule has 1 atom stereocenters. The first-order valence-electron chi connectivity index (χ1n) is 9.91. The highest BCUT2D eigenvalue weighted by atomic mass is 16.3. The second-order valence-corrected chi connectivity index (χ2v) is 7.83. The van der Waals surface area contributed by atoms with Crippen LogP contribution in [0.5, 0.6) is 0 Å². The van der Waals surface area contributed by atoms with E-state index in [0.717, 1.165) is 38.5 Å². The molecule has 0 aromatic carbocycles. The van der Waals surface area contributed by atoms with Crippen LogP contribution in [0.2, 0.25) is 0 Å². The van der Waals surface area contributed by atoms with E-state index in [0.29, 0.717) is 25.3 Å². The average molecular weight is 360 g/mol. The zero-order valence-electron chi connectivity index (χ0n) is 15.4. The van der Waals surface area contributed by atoms with Crippen molar-refractivity contribution in [3.05, 3.63) is 18.0 Å². The molecule has 1 unspecified atom stereocenters. The number of aliphatic hydroxyl groups excluding tert-OH is 1. The molecule has 1 aromatic heterocycles. The van der Waals surface area contributed by atoms with Crippen molar-refractivity contribution in [2.24, 2.45) is 0 Å². The molecule has 142 valence electrons. The van der Waals surface area contributed by atoms with Crippen molar-refractivity contribution in [3.8, 4) is 0 Å². The van der Waals surface area contributed by atoms with Crippen LogP contribution in [-0.4, -0.2) is 67.3 Å². The average Bonchev–Trinajstić information content (AvgIpc) is 3.17. The van der Waals surface area contributed by atoms with Crippen molar-refractivity contribution in [1.82, 2.24) is 19.6 Å². The van der Waals surface area contributed by atoms with E-state index < -0.39 is 6.10 Å². The highest BCUT2D eigenvalue weighted by Crippen LogP contribution is 2.46. The van der Waals surface area contributed by atoms with Gasteiger partial charge in [0, 0.05) is 31.9 Å². The smallest absolute Gasteiger partial charge is 0.272 e. The minimum atomic E-state index is -0.818. The van der Waals surface area contributed by atoms with Gasteiger partial charge in [0.05, 0.1) is 5.54 Å². The SMILES string of the molecule is CCn1nccc1C(=O)N1CCC(N2C(=O)C(O)C23CCCCC3)CC1. The largest absolute Gasteiger partial charge is 0.381 e. The molecule has 26 heavy (non-hydrogen) atoms. The highest BCUT2D eigenvalue weighted by Gasteiger charge is 2.61. The van der Waals surface area contributed by atoms with Gasteiger partial charge >= 0.3 is 0 Å². The number of β-lactam (4-membered cyclic amide) rings is 1. The van der Waals surface area contributed by atoms with Gasteiger partial charge in [0.1, 0.15) is 5.69 Å². The highest BCUT2D eigenvalue weighted by molar-refractivity contribution is 5.93. The molecule has 2 saturated heterocycles. The Kier molecular flexibility index (Phi) is 4.50. The van der Waals surface area contributed by atoms with E-state index in [1.165, 1.54) is 6.42 Å². The van der Waals surface area contributed by atoms with E-state index >= 15 is 0 Å². The van der Waals surface area contributed by atoms with Crippen LogP contribution in [0.3, 0.4) is 0 Å². The van der Waals surface area contributed by atoms with Crippen LogP contribution in [-0.2, 0) is 11.3 Å². The van der Waals surface area contributed by atoms with Crippen LogP contribution in [0.1, 0.15) is 62.4 Å². The predicted octanol–water partition coefficient (Wildman–Crippen LogP) is 1.41. The molecular weight excluding hydrogens is 332 g/mol. The summed E-state index contributed by atoms with van der Waals surface area (Å²) in [6.45, 7) is 3.94. The number of hydrogen-bond donors (Lipinski definition) is 1. The first-order valence-corrected chi connectivity index (χ1v) is 9.91. The van der Waals surface area contributed by atoms with Gasteiger partial charge in [0.15, 0.2) is 6.10 Å². The van der Waals surface area contributed by atoms with Crippen molar-refractivity contribution in [1.29, 1.82) is 0 Å². The first-order chi connectivity index (χ1) is 12.6. The Labute approximate surface area is 153 Å². The lowest BCUT2D eigenvalue weighted by Gasteiger charge is -2.61. The minimum Gasteiger partial charge on any atom is -0.381 e. The summed E-state index contributed by atoms with van der Waals surface area (Å²) in [5, 5.41) is 14.5. The Balaban J connectivity index is 1.42. The maximum atomic E-state index is 12.8. The van der Waals surface area contributed by atoms with Gasteiger partial charge in [0.25, 0.3) is 11.8 Å². The topological polar surface area (TPSA) is 78.7 Å². The maximum absolute atomic E-state index is 12.8. The van der Waals surface area contributed by atoms with Gasteiger partial charge in [0.2, 0.25) is 0 Å². The summed E-state index contributed by atoms with van der Waals surface area (Å²) in [6, 6.07) is 1.91. The summed E-state index contributed by atoms with van der Waals surface area (Å²) in [5.41, 5.74) is 0.303. The number of carbonyl (C=O) groups is 2. The molecule has 7 nitrogen and oxygen atoms in total. The monoisotopic (exact) mass is 360 g/mol. The lowest BCUT2D eigenvalue weighted by molar-refractivity contribution is -0.200. The summed E-state index contributed by atoms with van der Waals surface area (Å²) >= 11 is 0. The van der Waals surface area contributed by atoms with Gasteiger partial charge in [-0.2, -0.15) is 5.10 Å². The molecule has 1 saturated carbocycles. The van der Waals surface area contributed by atoms with E-state index in [-0.39, 0.29) is 23.4 Å². The van der Waals surface area contributed by atoms with Crippen LogP contribution in [0.25, 0.3) is 0 Å². The third-order valence-electron chi connectivity index (χ3n) is 6.53. The van der Waals surface area contributed by atoms with Crippen LogP contribution < -0.4 is 0 Å². The normalized spacial score (nSPS) is 26.2. The molecule has 3 fully saturated rings. The van der Waals surface area contributed by atoms with E-state index in [2.05, 4.69) is 5.10 Å². The number of nitrogens with zero attached hydrogens (tertiary/aromatic N) is 4. The molecule has 2 aliphatic heterocycles. The molecule has 3 heterocycles. The molecule has 3 aliphatic rings. The fourth-order valence-electron chi connectivity index (χ4n) is 5.12. The molecule has 1 aromatic rings. The summed E-state index contributed by atoms with van der Waals surface area (Å²) in [6.07, 6.45) is 7.59. The van der Waals surface area contributed by atoms with Gasteiger partial charge < -0.3 is 14.9 Å². The van der Waals surface area contributed by atoms with Crippen LogP contribution >= 0.6 is 0 Å². The van der Waals surface area contributed by atoms with Gasteiger partial charge in [-0.3, -0.25) is 14.3 Å². The zero-order valence-corrected chi connectivity index (χ0v) is 15.4. The molecule has 2 amide bonds. The Bertz CT molecular complexity index is 687. The lowest BCUT2D eigenvalue weighted by Crippen LogP contribution is -2.77. The molecular formula is C19H28N4O3. The summed E-state index contributed by atoms with van der Waals surface area (Å²) < 4.78 is 1.72. The Hall–Kier alpha value is -1.89. The standard InChI is InChI=1S/C19H28N4O3/c1-2-22-15(6-11-20-22)17(25)21-12-7-14(8-13-21)23-18(26)16(24)19(23)9-4-3-5-10-19/h6,11,14,16,24H,2-5,7-10,12-13H2,1H3. The fourth-order valence-corrected chi connectivity index (χ4v) is 5.12. The molecule has 0 radical (unpaired) electrons. The second kappa shape index (κ2) is 6.68. The summed E-state index contributed by atoms with van der Waals surface area (Å²) in [7, 11) is 0. The summed E-state index contributed by atoms with van der Waals surface area (Å²) in [5.74, 6) is -0.0918. The number of aliphatic hydroxyl groups is 1. The third kappa shape index (κ3) is 2.55. The summed E-state index contributed by atoms with van der Waals surface area (Å²) in [4.78, 5) is 29.0. The van der Waals surface area contributed by atoms with Crippen molar-refractivity contribution < 1.29 is 14.7 Å². The molecule has 1 aliphatic carbocycles. The maximum Gasteiger partial charge on any atom is 0.272 e. The predicted molar refractivity (Wildman–Crippen MR) is 95.5 cm³/mol. The fraction of sp³-hybridized carbons (Fsp3) is 0.737. The van der Waals surface area contributed by atoms with Gasteiger partial charge in [-0.05, 0) is 38.7 Å². The molecule has 1 N–H and O–H groups in total. The van der Waals surface area contributed by atoms with Crippen molar-refractivity contribution in [2.75, 3.05) is 13.1 Å². The second-order valence-electron chi connectivity index (χ2n) is 7.83. The third-order valence-corrected chi connectivity index (χ3v) is 6.53. The van der Waals surface area contributed by atoms with Crippen LogP contribution in [0.4, 0.5) is 0 Å². The molecule has 1 spiro atoms. The molecule has 7 heteroatoms. The quantitative estimate of drug-likeness (QED) is 0.827. The number of likely N-dealkylation sites (tertiary alicyclic amines) is 2. The number of piperidine rings is 1. The van der Waals surface area contributed by atoms with E-state index in [4.69, 9.17) is 0 Å². The number of hydrogen-bond acceptors (Lipinski definition) is 4. The van der Waals surface area contributed by atoms with Crippen molar-refractivity contribution in [3.63, 3.8) is 0 Å². The van der Waals surface area contributed by atoms with Crippen LogP contribution in [0, 0.1) is 0 Å². The zero-order chi connectivity index (χ0) is 18.3. The van der Waals surface area contributed by atoms with Gasteiger partial charge in [-0.1, -0.05) is 19.3 Å². The van der Waals surface area contributed by atoms with E-state index in [1.54, 1.807) is 16.9 Å². The Morgan fingerprint density at radius 1 is 1.27 bits per heavy atom. The number of rotatable bonds is 3. The molecule has 0 bridgehead atoms. The van der Waals surface area contributed by atoms with Gasteiger partial charge in [-0.25, -0.2) is 0 Å². The minimum absolute atomic E-state index is 0.0187. The Morgan fingerprint density at radius 3 is 2.62 bits per heavy atom. The lowest BCUT2D eigenvalue weighted by atomic mass is 9.68.